The third-order valence-electron chi connectivity index (χ3n) is 22.7. The maximum absolute atomic E-state index is 2.38. The molecule has 0 spiro atoms. The summed E-state index contributed by atoms with van der Waals surface area (Å²) >= 11 is 0. The smallest absolute Gasteiger partial charge is 0.0541 e. The highest BCUT2D eigenvalue weighted by atomic mass is 15.0. The van der Waals surface area contributed by atoms with Gasteiger partial charge in [-0.15, -0.1) is 0 Å². The van der Waals surface area contributed by atoms with Crippen molar-refractivity contribution in [1.29, 1.82) is 0 Å². The van der Waals surface area contributed by atoms with Crippen molar-refractivity contribution in [2.24, 2.45) is 21.1 Å². The summed E-state index contributed by atoms with van der Waals surface area (Å²) in [6.07, 6.45) is 0. The third-order valence-corrected chi connectivity index (χ3v) is 22.7. The zero-order valence-electron chi connectivity index (χ0n) is 65.9. The average molecular weight is 1480 g/mol. The summed E-state index contributed by atoms with van der Waals surface area (Å²) in [6, 6.07) is 145. The van der Waals surface area contributed by atoms with Crippen molar-refractivity contribution >= 4 is 163 Å². The van der Waals surface area contributed by atoms with E-state index in [1.165, 1.54) is 191 Å². The van der Waals surface area contributed by atoms with Crippen molar-refractivity contribution in [3.8, 4) is 28.2 Å². The fraction of sp³-hybridized carbons (Fsp3) is 0.0642. The Balaban J connectivity index is 0.000000102. The van der Waals surface area contributed by atoms with Crippen LogP contribution in [0.1, 0.15) is 27.7 Å². The van der Waals surface area contributed by atoms with Gasteiger partial charge in [-0.3, -0.25) is 0 Å². The van der Waals surface area contributed by atoms with E-state index in [-0.39, 0.29) is 0 Å². The monoisotopic (exact) mass is 1480 g/mol. The van der Waals surface area contributed by atoms with E-state index in [1.54, 1.807) is 0 Å². The van der Waals surface area contributed by atoms with Gasteiger partial charge in [0.1, 0.15) is 0 Å². The van der Waals surface area contributed by atoms with Crippen LogP contribution in [0.4, 0.5) is 0 Å². The summed E-state index contributed by atoms with van der Waals surface area (Å²) in [5.74, 6) is 0. The van der Waals surface area contributed by atoms with Gasteiger partial charge in [0.25, 0.3) is 0 Å². The van der Waals surface area contributed by atoms with Crippen LogP contribution in [0.5, 0.6) is 0 Å². The molecule has 6 heteroatoms. The van der Waals surface area contributed by atoms with E-state index in [9.17, 15) is 0 Å². The van der Waals surface area contributed by atoms with Gasteiger partial charge in [0.05, 0.1) is 33.1 Å². The average Bonchev–Trinajstić information content (AvgIpc) is 1.45. The maximum Gasteiger partial charge on any atom is 0.0541 e. The summed E-state index contributed by atoms with van der Waals surface area (Å²) in [6.45, 7) is 8.00. The Kier molecular flexibility index (Phi) is 19.7. The van der Waals surface area contributed by atoms with Gasteiger partial charge in [0.15, 0.2) is 0 Å². The van der Waals surface area contributed by atoms with Crippen molar-refractivity contribution in [2.45, 2.75) is 27.7 Å². The van der Waals surface area contributed by atoms with E-state index in [1.807, 2.05) is 27.7 Å². The van der Waals surface area contributed by atoms with Crippen molar-refractivity contribution in [2.75, 3.05) is 0 Å². The number of hydrogen-bond donors (Lipinski definition) is 0. The van der Waals surface area contributed by atoms with Crippen LogP contribution < -0.4 is 0 Å². The highest BCUT2D eigenvalue weighted by Crippen LogP contribution is 2.41. The molecule has 0 atom stereocenters. The molecule has 0 fully saturated rings. The molecule has 24 rings (SSSR count). The van der Waals surface area contributed by atoms with Gasteiger partial charge in [0, 0.05) is 136 Å². The van der Waals surface area contributed by atoms with E-state index in [0.29, 0.717) is 0 Å². The topological polar surface area (TPSA) is 29.6 Å². The first kappa shape index (κ1) is 72.1. The molecular formula is C109H88N6. The Morgan fingerprint density at radius 1 is 0.130 bits per heavy atom. The molecule has 115 heavy (non-hydrogen) atoms. The second kappa shape index (κ2) is 31.4. The minimum Gasteiger partial charge on any atom is -0.344 e. The van der Waals surface area contributed by atoms with Gasteiger partial charge in [-0.05, 0) is 165 Å². The predicted molar refractivity (Wildman–Crippen MR) is 498 cm³/mol. The molecule has 0 saturated carbocycles. The largest absolute Gasteiger partial charge is 0.344 e. The molecule has 0 radical (unpaired) electrons. The minimum absolute atomic E-state index is 1.19. The fourth-order valence-corrected chi connectivity index (χ4v) is 17.6. The zero-order valence-corrected chi connectivity index (χ0v) is 65.9. The molecule has 0 amide bonds. The van der Waals surface area contributed by atoms with Crippen molar-refractivity contribution in [1.82, 2.24) is 27.4 Å². The number of rotatable bonds is 4. The van der Waals surface area contributed by atoms with Crippen molar-refractivity contribution in [3.63, 3.8) is 0 Å². The molecule has 0 bridgehead atoms. The van der Waals surface area contributed by atoms with Gasteiger partial charge in [-0.2, -0.15) is 0 Å². The molecule has 554 valence electrons. The Morgan fingerprint density at radius 2 is 0.304 bits per heavy atom. The van der Waals surface area contributed by atoms with Crippen LogP contribution >= 0.6 is 0 Å². The Morgan fingerprint density at radius 3 is 0.600 bits per heavy atom. The minimum atomic E-state index is 1.19. The van der Waals surface area contributed by atoms with E-state index in [2.05, 4.69) is 455 Å². The molecule has 0 aliphatic rings. The summed E-state index contributed by atoms with van der Waals surface area (Å²) in [7, 11) is 6.41. The number of para-hydroxylation sites is 11. The quantitative estimate of drug-likeness (QED) is 0.157. The molecule has 6 nitrogen and oxygen atoms in total. The first-order chi connectivity index (χ1) is 56.9. The molecular weight excluding hydrogens is 1390 g/mol. The van der Waals surface area contributed by atoms with Gasteiger partial charge in [-0.1, -0.05) is 313 Å². The number of hydrogen-bond acceptors (Lipinski definition) is 0. The Bertz CT molecular complexity index is 7310. The molecule has 0 aliphatic heterocycles. The van der Waals surface area contributed by atoms with Crippen LogP contribution in [0, 0.1) is 0 Å². The van der Waals surface area contributed by atoms with Gasteiger partial charge in [0.2, 0.25) is 0 Å². The highest BCUT2D eigenvalue weighted by molar-refractivity contribution is 6.25. The van der Waals surface area contributed by atoms with Crippen LogP contribution in [0.3, 0.4) is 0 Å². The predicted octanol–water partition coefficient (Wildman–Crippen LogP) is 29.8. The number of benzene rings is 18. The van der Waals surface area contributed by atoms with Crippen LogP contribution in [-0.2, 0) is 21.1 Å². The van der Waals surface area contributed by atoms with E-state index in [0.717, 1.165) is 0 Å². The summed E-state index contributed by atoms with van der Waals surface area (Å²) in [5.41, 5.74) is 21.2. The lowest BCUT2D eigenvalue weighted by Gasteiger charge is -2.09. The van der Waals surface area contributed by atoms with Gasteiger partial charge >= 0.3 is 0 Å². The number of aromatic nitrogens is 6. The van der Waals surface area contributed by atoms with Crippen LogP contribution in [-0.4, -0.2) is 27.4 Å². The zero-order chi connectivity index (χ0) is 78.0. The fourth-order valence-electron chi connectivity index (χ4n) is 17.6. The van der Waals surface area contributed by atoms with Crippen LogP contribution in [0.2, 0.25) is 0 Å². The number of aryl methyl sites for hydroxylation is 3. The SMILES string of the molecule is CC.CC.Cn1c2ccccc2c2cc(-c3ccc4c(c3)c3ccccc3n4-c3ccccc3)ccc21.Cn1c2ccccc2c2cc(-n3c4ccccc4c4ccccc43)ccc21.Cn1c2ccccc2c2ccccc21.c1ccc(-n2c3ccccc3c3ccccc32)cc1.c1ccc2c(c1)c1ccccc1c1ccccc21. The highest BCUT2D eigenvalue weighted by Gasteiger charge is 2.18. The molecule has 0 N–H and O–H groups in total. The standard InChI is InChI=1S/C31H22N2.C25H18N2.C18H13N.C18H12.C13H11N.2C2H6/c1-32-28-13-7-5-11-24(28)26-19-21(15-17-29(26)32)22-16-18-31-27(20-22)25-12-6-8-14-30(25)33(31)23-9-3-2-4-10-23;1-26-22-11-5-2-10-20(22)21-16-17(14-15-23(21)26)27-24-12-6-3-8-18(24)19-9-4-7-13-25(19)27;1-2-8-14(9-3-1)19-17-12-6-4-10-15(17)16-11-5-7-13-18(16)19;1-2-8-14-13(7-1)15-9-3-4-11-17(15)18-12-6-5-10-16(14)18;1-14-12-8-4-2-6-10(12)11-7-3-5-9-13(11)14;2*1-2/h2-20H,1H3;2-16H,1H3;1-13H;1-12H;2-9H,1H3;2*1-2H3. The molecule has 6 heterocycles. The molecule has 6 aromatic heterocycles. The van der Waals surface area contributed by atoms with E-state index in [4.69, 9.17) is 0 Å². The molecule has 18 aromatic carbocycles. The van der Waals surface area contributed by atoms with Crippen LogP contribution in [0.15, 0.2) is 406 Å². The lowest BCUT2D eigenvalue weighted by molar-refractivity contribution is 1.01. The normalized spacial score (nSPS) is 11.3. The number of fused-ring (bicyclic) bond motifs is 24. The first-order valence-electron chi connectivity index (χ1n) is 40.2. The molecule has 0 saturated heterocycles. The van der Waals surface area contributed by atoms with Crippen molar-refractivity contribution < 1.29 is 0 Å². The molecule has 24 aromatic rings. The maximum atomic E-state index is 2.38. The second-order valence-corrected chi connectivity index (χ2v) is 28.8. The van der Waals surface area contributed by atoms with Gasteiger partial charge < -0.3 is 27.4 Å². The molecule has 0 aliphatic carbocycles. The lowest BCUT2D eigenvalue weighted by Crippen LogP contribution is -1.94. The summed E-state index contributed by atoms with van der Waals surface area (Å²) in [4.78, 5) is 0. The first-order valence-corrected chi connectivity index (χ1v) is 40.2. The lowest BCUT2D eigenvalue weighted by atomic mass is 9.95. The van der Waals surface area contributed by atoms with Gasteiger partial charge in [-0.25, -0.2) is 0 Å². The third kappa shape index (κ3) is 12.7. The van der Waals surface area contributed by atoms with E-state index >= 15 is 0 Å². The van der Waals surface area contributed by atoms with E-state index < -0.39 is 0 Å². The number of nitrogens with zero attached hydrogens (tertiary/aromatic N) is 6. The molecule has 0 unspecified atom stereocenters. The second-order valence-electron chi connectivity index (χ2n) is 28.8. The Labute approximate surface area is 669 Å². The van der Waals surface area contributed by atoms with Crippen molar-refractivity contribution in [3.05, 3.63) is 406 Å². The Hall–Kier alpha value is -14.5. The summed E-state index contributed by atoms with van der Waals surface area (Å²) in [5, 5.41) is 23.7. The summed E-state index contributed by atoms with van der Waals surface area (Å²) < 4.78 is 13.9. The van der Waals surface area contributed by atoms with Crippen LogP contribution in [0.25, 0.3) is 191 Å².